The lowest BCUT2D eigenvalue weighted by Gasteiger charge is -2.09. The van der Waals surface area contributed by atoms with Crippen LogP contribution in [0.4, 0.5) is 0 Å². The van der Waals surface area contributed by atoms with Crippen molar-refractivity contribution < 1.29 is 5.48 Å². The second-order valence-corrected chi connectivity index (χ2v) is 6.92. The molecule has 0 aliphatic rings. The summed E-state index contributed by atoms with van der Waals surface area (Å²) in [6, 6.07) is 22.5. The molecule has 0 unspecified atom stereocenters. The zero-order valence-electron chi connectivity index (χ0n) is 19.3. The van der Waals surface area contributed by atoms with Crippen LogP contribution in [0.3, 0.4) is 0 Å². The molecule has 1 aromatic heterocycles. The van der Waals surface area contributed by atoms with E-state index in [0.29, 0.717) is 5.56 Å². The van der Waals surface area contributed by atoms with Crippen LogP contribution in [0, 0.1) is 13.8 Å². The van der Waals surface area contributed by atoms with Gasteiger partial charge in [-0.2, -0.15) is 0 Å². The van der Waals surface area contributed by atoms with Gasteiger partial charge in [-0.1, -0.05) is 71.7 Å². The Hall–Kier alpha value is -3.32. The van der Waals surface area contributed by atoms with E-state index in [0.717, 1.165) is 32.9 Å². The molecule has 0 amide bonds. The first-order valence-corrected chi connectivity index (χ1v) is 9.06. The molecule has 130 valence electrons. The fourth-order valence-corrected chi connectivity index (χ4v) is 3.62. The molecular weight excluding hydrogens is 326 g/mol. The van der Waals surface area contributed by atoms with Crippen LogP contribution in [0.15, 0.2) is 90.9 Å². The summed E-state index contributed by atoms with van der Waals surface area (Å²) < 4.78 is 35.6. The van der Waals surface area contributed by atoms with Gasteiger partial charge in [0.2, 0.25) is 0 Å². The monoisotopic (exact) mass is 351 g/mol. The summed E-state index contributed by atoms with van der Waals surface area (Å²) in [7, 11) is 0. The SMILES string of the molecule is [2H]c1c([2H])c(-n2c3ccccc3c3cc(-c4ccc(C)cc4)ccc32)c([2H])c([2H])c1C. The number of nitrogens with zero attached hydrogens (tertiary/aromatic N) is 1. The van der Waals surface area contributed by atoms with E-state index in [4.69, 9.17) is 5.48 Å². The number of hydrogen-bond donors (Lipinski definition) is 0. The summed E-state index contributed by atoms with van der Waals surface area (Å²) in [5.74, 6) is 0. The van der Waals surface area contributed by atoms with Crippen molar-refractivity contribution in [2.24, 2.45) is 0 Å². The normalized spacial score (nSPS) is 13.4. The van der Waals surface area contributed by atoms with Crippen molar-refractivity contribution in [1.82, 2.24) is 4.57 Å². The summed E-state index contributed by atoms with van der Waals surface area (Å²) in [6.45, 7) is 3.70. The van der Waals surface area contributed by atoms with Crippen LogP contribution in [-0.2, 0) is 0 Å². The molecule has 0 spiro atoms. The lowest BCUT2D eigenvalue weighted by molar-refractivity contribution is 1.17. The van der Waals surface area contributed by atoms with Crippen molar-refractivity contribution in [3.63, 3.8) is 0 Å². The van der Waals surface area contributed by atoms with Crippen LogP contribution in [0.25, 0.3) is 38.6 Å². The van der Waals surface area contributed by atoms with E-state index in [-0.39, 0.29) is 29.9 Å². The van der Waals surface area contributed by atoms with Crippen molar-refractivity contribution in [2.45, 2.75) is 13.8 Å². The van der Waals surface area contributed by atoms with Gasteiger partial charge in [0.05, 0.1) is 16.5 Å². The van der Waals surface area contributed by atoms with Crippen LogP contribution in [0.1, 0.15) is 16.6 Å². The average molecular weight is 351 g/mol. The summed E-state index contributed by atoms with van der Waals surface area (Å²) in [4.78, 5) is 0. The first kappa shape index (κ1) is 12.1. The van der Waals surface area contributed by atoms with Gasteiger partial charge in [0, 0.05) is 16.5 Å². The highest BCUT2D eigenvalue weighted by Crippen LogP contribution is 2.34. The number of fused-ring (bicyclic) bond motifs is 3. The molecule has 5 rings (SSSR count). The van der Waals surface area contributed by atoms with Gasteiger partial charge in [0.25, 0.3) is 0 Å². The Morgan fingerprint density at radius 2 is 1.30 bits per heavy atom. The molecule has 0 aliphatic carbocycles. The summed E-state index contributed by atoms with van der Waals surface area (Å²) >= 11 is 0. The van der Waals surface area contributed by atoms with Crippen molar-refractivity contribution in [3.8, 4) is 16.8 Å². The minimum Gasteiger partial charge on any atom is -0.309 e. The van der Waals surface area contributed by atoms with E-state index in [1.54, 1.807) is 6.92 Å². The topological polar surface area (TPSA) is 4.93 Å². The maximum absolute atomic E-state index is 8.59. The minimum absolute atomic E-state index is 0.00166. The Morgan fingerprint density at radius 3 is 2.07 bits per heavy atom. The highest BCUT2D eigenvalue weighted by Gasteiger charge is 2.12. The molecule has 0 aliphatic heterocycles. The lowest BCUT2D eigenvalue weighted by Crippen LogP contribution is -1.93. The van der Waals surface area contributed by atoms with Crippen molar-refractivity contribution >= 4 is 21.8 Å². The standard InChI is InChI=1S/C26H21N/c1-18-7-11-20(12-8-18)21-13-16-26-24(17-21)23-5-3-4-6-25(23)27(26)22-14-9-19(2)10-15-22/h3-17H,1-2H3/i9D,10D,14D,15D. The summed E-state index contributed by atoms with van der Waals surface area (Å²) in [5, 5.41) is 2.04. The molecule has 1 heterocycles. The van der Waals surface area contributed by atoms with Gasteiger partial charge in [-0.3, -0.25) is 0 Å². The zero-order valence-corrected chi connectivity index (χ0v) is 15.3. The average Bonchev–Trinajstić information content (AvgIpc) is 3.11. The van der Waals surface area contributed by atoms with Gasteiger partial charge in [-0.05, 0) is 55.3 Å². The van der Waals surface area contributed by atoms with Crippen molar-refractivity contribution in [2.75, 3.05) is 0 Å². The fourth-order valence-electron chi connectivity index (χ4n) is 3.62. The third-order valence-electron chi connectivity index (χ3n) is 5.02. The predicted octanol–water partition coefficient (Wildman–Crippen LogP) is 7.07. The quantitative estimate of drug-likeness (QED) is 0.320. The van der Waals surface area contributed by atoms with Gasteiger partial charge in [0.1, 0.15) is 0 Å². The smallest absolute Gasteiger partial charge is 0.0645 e. The van der Waals surface area contributed by atoms with Gasteiger partial charge in [-0.15, -0.1) is 0 Å². The number of aromatic nitrogens is 1. The summed E-state index contributed by atoms with van der Waals surface area (Å²) in [6.07, 6.45) is 0. The Morgan fingerprint density at radius 1 is 0.630 bits per heavy atom. The first-order chi connectivity index (χ1) is 14.9. The van der Waals surface area contributed by atoms with Crippen molar-refractivity contribution in [1.29, 1.82) is 0 Å². The second kappa shape index (κ2) is 6.14. The van der Waals surface area contributed by atoms with E-state index >= 15 is 0 Å². The molecule has 27 heavy (non-hydrogen) atoms. The molecule has 0 radical (unpaired) electrons. The van der Waals surface area contributed by atoms with Crippen molar-refractivity contribution in [3.05, 3.63) is 102 Å². The molecular formula is C26H21N. The molecule has 0 fully saturated rings. The Labute approximate surface area is 165 Å². The zero-order chi connectivity index (χ0) is 21.9. The highest BCUT2D eigenvalue weighted by atomic mass is 15.0. The largest absolute Gasteiger partial charge is 0.309 e. The van der Waals surface area contributed by atoms with E-state index < -0.39 is 0 Å². The Kier molecular flexibility index (Phi) is 2.76. The molecule has 0 saturated carbocycles. The van der Waals surface area contributed by atoms with Gasteiger partial charge in [0.15, 0.2) is 0 Å². The maximum atomic E-state index is 8.59. The molecule has 0 N–H and O–H groups in total. The number of aryl methyl sites for hydroxylation is 1. The summed E-state index contributed by atoms with van der Waals surface area (Å²) in [5.41, 5.74) is 5.81. The maximum Gasteiger partial charge on any atom is 0.0645 e. The molecule has 5 aromatic rings. The predicted molar refractivity (Wildman–Crippen MR) is 116 cm³/mol. The Balaban J connectivity index is 1.88. The van der Waals surface area contributed by atoms with Crippen LogP contribution in [-0.4, -0.2) is 4.57 Å². The van der Waals surface area contributed by atoms with Gasteiger partial charge < -0.3 is 4.57 Å². The number of benzene rings is 4. The second-order valence-electron chi connectivity index (χ2n) is 6.92. The molecule has 0 saturated heterocycles. The number of rotatable bonds is 2. The molecule has 4 aromatic carbocycles. The fraction of sp³-hybridized carbons (Fsp3) is 0.0769. The first-order valence-electron chi connectivity index (χ1n) is 11.1. The third kappa shape index (κ3) is 2.63. The number of hydrogen-bond acceptors (Lipinski definition) is 0. The van der Waals surface area contributed by atoms with Crippen LogP contribution < -0.4 is 0 Å². The minimum atomic E-state index is -0.0243. The van der Waals surface area contributed by atoms with E-state index in [9.17, 15) is 0 Å². The van der Waals surface area contributed by atoms with E-state index in [2.05, 4.69) is 37.3 Å². The van der Waals surface area contributed by atoms with Crippen LogP contribution in [0.2, 0.25) is 0 Å². The van der Waals surface area contributed by atoms with Crippen LogP contribution >= 0.6 is 0 Å². The Bertz CT molecular complexity index is 1450. The van der Waals surface area contributed by atoms with Gasteiger partial charge in [-0.25, -0.2) is 0 Å². The lowest BCUT2D eigenvalue weighted by atomic mass is 10.0. The molecule has 1 nitrogen and oxygen atoms in total. The third-order valence-corrected chi connectivity index (χ3v) is 5.02. The van der Waals surface area contributed by atoms with E-state index in [1.165, 1.54) is 5.56 Å². The van der Waals surface area contributed by atoms with Gasteiger partial charge >= 0.3 is 0 Å². The highest BCUT2D eigenvalue weighted by molar-refractivity contribution is 6.10. The molecule has 0 bridgehead atoms. The van der Waals surface area contributed by atoms with E-state index in [1.807, 2.05) is 41.0 Å². The molecule has 0 atom stereocenters. The number of para-hydroxylation sites is 1. The molecule has 1 heteroatoms. The van der Waals surface area contributed by atoms with Crippen LogP contribution in [0.5, 0.6) is 0 Å².